The lowest BCUT2D eigenvalue weighted by Gasteiger charge is -2.26. The predicted molar refractivity (Wildman–Crippen MR) is 91.3 cm³/mol. The van der Waals surface area contributed by atoms with Crippen molar-refractivity contribution < 1.29 is 14.4 Å². The van der Waals surface area contributed by atoms with Gasteiger partial charge in [-0.3, -0.25) is 14.5 Å². The highest BCUT2D eigenvalue weighted by Gasteiger charge is 2.43. The maximum Gasteiger partial charge on any atom is 0.325 e. The Labute approximate surface area is 144 Å². The summed E-state index contributed by atoms with van der Waals surface area (Å²) < 4.78 is 0. The molecule has 134 valence electrons. The van der Waals surface area contributed by atoms with E-state index in [1.165, 1.54) is 4.90 Å². The Morgan fingerprint density at radius 2 is 1.87 bits per heavy atom. The van der Waals surface area contributed by atoms with Crippen LogP contribution in [-0.2, 0) is 9.59 Å². The molecule has 0 spiro atoms. The summed E-state index contributed by atoms with van der Waals surface area (Å²) in [6, 6.07) is -0.395. The number of nitrogens with one attached hydrogen (secondary N) is 2. The molecule has 0 aliphatic carbocycles. The SMILES string of the molecule is CCC(N)(CC)CNC(=O)CCCN1C(=O)NC(C)(C)C1=O.Cl. The first kappa shape index (κ1) is 21.7. The van der Waals surface area contributed by atoms with Crippen molar-refractivity contribution in [2.75, 3.05) is 13.1 Å². The number of hydrogen-bond donors (Lipinski definition) is 3. The van der Waals surface area contributed by atoms with E-state index in [1.807, 2.05) is 13.8 Å². The standard InChI is InChI=1S/C15H28N4O3.ClH/c1-5-15(16,6-2)10-17-11(20)8-7-9-19-12(21)14(3,4)18-13(19)22;/h5-10,16H2,1-4H3,(H,17,20)(H,18,22);1H. The van der Waals surface area contributed by atoms with Gasteiger partial charge in [0.05, 0.1) is 0 Å². The minimum absolute atomic E-state index is 0. The van der Waals surface area contributed by atoms with Gasteiger partial charge in [0, 0.05) is 25.0 Å². The smallest absolute Gasteiger partial charge is 0.325 e. The van der Waals surface area contributed by atoms with Crippen LogP contribution in [0.4, 0.5) is 4.79 Å². The fourth-order valence-corrected chi connectivity index (χ4v) is 2.28. The second kappa shape index (κ2) is 8.49. The van der Waals surface area contributed by atoms with Crippen molar-refractivity contribution in [1.29, 1.82) is 0 Å². The van der Waals surface area contributed by atoms with Gasteiger partial charge in [-0.05, 0) is 33.1 Å². The molecule has 0 atom stereocenters. The number of nitrogens with two attached hydrogens (primary N) is 1. The normalized spacial score (nSPS) is 16.8. The van der Waals surface area contributed by atoms with Crippen LogP contribution in [0.3, 0.4) is 0 Å². The van der Waals surface area contributed by atoms with Crippen molar-refractivity contribution in [3.05, 3.63) is 0 Å². The molecule has 1 aliphatic rings. The van der Waals surface area contributed by atoms with Crippen LogP contribution >= 0.6 is 12.4 Å². The van der Waals surface area contributed by atoms with Crippen molar-refractivity contribution >= 4 is 30.3 Å². The second-order valence-electron chi connectivity index (χ2n) is 6.46. The average Bonchev–Trinajstić information content (AvgIpc) is 2.66. The van der Waals surface area contributed by atoms with Crippen LogP contribution in [0.5, 0.6) is 0 Å². The zero-order valence-corrected chi connectivity index (χ0v) is 15.2. The number of urea groups is 1. The van der Waals surface area contributed by atoms with Crippen LogP contribution < -0.4 is 16.4 Å². The fraction of sp³-hybridized carbons (Fsp3) is 0.800. The van der Waals surface area contributed by atoms with Crippen LogP contribution in [0.25, 0.3) is 0 Å². The fourth-order valence-electron chi connectivity index (χ4n) is 2.28. The lowest BCUT2D eigenvalue weighted by molar-refractivity contribution is -0.130. The third kappa shape index (κ3) is 5.66. The molecule has 0 aromatic heterocycles. The Kier molecular flexibility index (Phi) is 8.00. The first-order valence-corrected chi connectivity index (χ1v) is 7.85. The highest BCUT2D eigenvalue weighted by atomic mass is 35.5. The van der Waals surface area contributed by atoms with Gasteiger partial charge in [-0.1, -0.05) is 13.8 Å². The lowest BCUT2D eigenvalue weighted by atomic mass is 9.94. The van der Waals surface area contributed by atoms with E-state index in [0.29, 0.717) is 13.0 Å². The van der Waals surface area contributed by atoms with Gasteiger partial charge in [-0.2, -0.15) is 0 Å². The number of nitrogens with zero attached hydrogens (tertiary/aromatic N) is 1. The highest BCUT2D eigenvalue weighted by molar-refractivity contribution is 6.06. The molecule has 1 fully saturated rings. The number of amides is 4. The van der Waals surface area contributed by atoms with Crippen molar-refractivity contribution in [2.45, 2.75) is 64.5 Å². The monoisotopic (exact) mass is 348 g/mol. The van der Waals surface area contributed by atoms with Crippen LogP contribution in [-0.4, -0.2) is 46.9 Å². The van der Waals surface area contributed by atoms with Crippen LogP contribution in [0.2, 0.25) is 0 Å². The summed E-state index contributed by atoms with van der Waals surface area (Å²) >= 11 is 0. The van der Waals surface area contributed by atoms with Crippen LogP contribution in [0.1, 0.15) is 53.4 Å². The summed E-state index contributed by atoms with van der Waals surface area (Å²) in [7, 11) is 0. The van der Waals surface area contributed by atoms with Crippen molar-refractivity contribution in [2.24, 2.45) is 5.73 Å². The van der Waals surface area contributed by atoms with E-state index in [2.05, 4.69) is 10.6 Å². The maximum absolute atomic E-state index is 12.0. The van der Waals surface area contributed by atoms with Crippen LogP contribution in [0.15, 0.2) is 0 Å². The largest absolute Gasteiger partial charge is 0.354 e. The molecule has 0 aromatic rings. The third-order valence-corrected chi connectivity index (χ3v) is 4.28. The number of hydrogen-bond acceptors (Lipinski definition) is 4. The summed E-state index contributed by atoms with van der Waals surface area (Å²) in [5.41, 5.74) is 4.89. The van der Waals surface area contributed by atoms with Gasteiger partial charge in [0.1, 0.15) is 5.54 Å². The molecule has 1 saturated heterocycles. The highest BCUT2D eigenvalue weighted by Crippen LogP contribution is 2.17. The third-order valence-electron chi connectivity index (χ3n) is 4.28. The van der Waals surface area contributed by atoms with Gasteiger partial charge in [0.25, 0.3) is 5.91 Å². The molecule has 7 nitrogen and oxygen atoms in total. The molecular formula is C15H29ClN4O3. The first-order valence-electron chi connectivity index (χ1n) is 7.85. The molecule has 0 saturated carbocycles. The molecule has 1 heterocycles. The van der Waals surface area contributed by atoms with Crippen molar-refractivity contribution in [3.8, 4) is 0 Å². The Hall–Kier alpha value is -1.34. The number of halogens is 1. The number of carbonyl (C=O) groups excluding carboxylic acids is 3. The summed E-state index contributed by atoms with van der Waals surface area (Å²) in [5.74, 6) is -0.362. The van der Waals surface area contributed by atoms with Gasteiger partial charge in [-0.15, -0.1) is 12.4 Å². The molecule has 4 N–H and O–H groups in total. The molecule has 0 radical (unpaired) electrons. The molecule has 8 heteroatoms. The molecule has 1 aliphatic heterocycles. The van der Waals surface area contributed by atoms with Crippen LogP contribution in [0, 0.1) is 0 Å². The van der Waals surface area contributed by atoms with Gasteiger partial charge in [-0.25, -0.2) is 4.79 Å². The molecular weight excluding hydrogens is 320 g/mol. The quantitative estimate of drug-likeness (QED) is 0.572. The van der Waals surface area contributed by atoms with Gasteiger partial charge in [0.2, 0.25) is 5.91 Å². The van der Waals surface area contributed by atoms with Gasteiger partial charge >= 0.3 is 6.03 Å². The van der Waals surface area contributed by atoms with E-state index in [4.69, 9.17) is 5.73 Å². The van der Waals surface area contributed by atoms with E-state index >= 15 is 0 Å². The first-order chi connectivity index (χ1) is 10.1. The Balaban J connectivity index is 0.00000484. The molecule has 23 heavy (non-hydrogen) atoms. The number of imide groups is 1. The number of carbonyl (C=O) groups is 3. The molecule has 0 bridgehead atoms. The van der Waals surface area contributed by atoms with E-state index in [9.17, 15) is 14.4 Å². The maximum atomic E-state index is 12.0. The van der Waals surface area contributed by atoms with E-state index < -0.39 is 11.6 Å². The van der Waals surface area contributed by atoms with Crippen molar-refractivity contribution in [3.63, 3.8) is 0 Å². The molecule has 0 aromatic carbocycles. The van der Waals surface area contributed by atoms with Gasteiger partial charge in [0.15, 0.2) is 0 Å². The summed E-state index contributed by atoms with van der Waals surface area (Å²) in [6.07, 6.45) is 2.29. The minimum atomic E-state index is -0.860. The summed E-state index contributed by atoms with van der Waals surface area (Å²) in [5, 5.41) is 5.43. The zero-order chi connectivity index (χ0) is 17.0. The molecule has 1 rings (SSSR count). The van der Waals surface area contributed by atoms with E-state index in [0.717, 1.165) is 12.8 Å². The second-order valence-corrected chi connectivity index (χ2v) is 6.46. The summed E-state index contributed by atoms with van der Waals surface area (Å²) in [6.45, 7) is 8.00. The Morgan fingerprint density at radius 3 is 2.30 bits per heavy atom. The zero-order valence-electron chi connectivity index (χ0n) is 14.4. The van der Waals surface area contributed by atoms with E-state index in [-0.39, 0.29) is 42.7 Å². The van der Waals surface area contributed by atoms with Crippen molar-refractivity contribution in [1.82, 2.24) is 15.5 Å². The number of rotatable bonds is 8. The summed E-state index contributed by atoms with van der Waals surface area (Å²) in [4.78, 5) is 36.6. The molecule has 4 amide bonds. The Bertz CT molecular complexity index is 450. The van der Waals surface area contributed by atoms with E-state index in [1.54, 1.807) is 13.8 Å². The Morgan fingerprint density at radius 1 is 1.30 bits per heavy atom. The van der Waals surface area contributed by atoms with Gasteiger partial charge < -0.3 is 16.4 Å². The lowest BCUT2D eigenvalue weighted by Crippen LogP contribution is -2.49. The molecule has 0 unspecified atom stereocenters. The minimum Gasteiger partial charge on any atom is -0.354 e. The topological polar surface area (TPSA) is 105 Å². The average molecular weight is 349 g/mol. The predicted octanol–water partition coefficient (Wildman–Crippen LogP) is 1.15.